The Hall–Kier alpha value is 0.0700. The molecule has 5 unspecified atom stereocenters. The van der Waals surface area contributed by atoms with Gasteiger partial charge in [-0.1, -0.05) is 20.3 Å². The molecule has 0 amide bonds. The second kappa shape index (κ2) is 7.49. The van der Waals surface area contributed by atoms with E-state index < -0.39 is 10.8 Å². The molecule has 1 heterocycles. The highest BCUT2D eigenvalue weighted by molar-refractivity contribution is 7.86. The Morgan fingerprint density at radius 2 is 2.18 bits per heavy atom. The first-order chi connectivity index (χ1) is 8.15. The first-order valence-electron chi connectivity index (χ1n) is 6.83. The Morgan fingerprint density at radius 3 is 2.59 bits per heavy atom. The van der Waals surface area contributed by atoms with Gasteiger partial charge in [0.25, 0.3) is 0 Å². The third-order valence-corrected chi connectivity index (χ3v) is 6.20. The molecule has 0 radical (unpaired) electrons. The minimum Gasteiger partial charge on any atom is -0.377 e. The summed E-state index contributed by atoms with van der Waals surface area (Å²) in [5.41, 5.74) is 0. The van der Waals surface area contributed by atoms with Crippen LogP contribution in [0.25, 0.3) is 0 Å². The number of rotatable bonds is 7. The second-order valence-corrected chi connectivity index (χ2v) is 6.73. The summed E-state index contributed by atoms with van der Waals surface area (Å²) in [6.45, 7) is 7.15. The molecule has 1 N–H and O–H groups in total. The van der Waals surface area contributed by atoms with Crippen LogP contribution in [0, 0.1) is 0 Å². The Kier molecular flexibility index (Phi) is 6.67. The van der Waals surface area contributed by atoms with Crippen molar-refractivity contribution >= 4 is 10.8 Å². The number of hydrogen-bond donors (Lipinski definition) is 1. The molecule has 1 saturated heterocycles. The lowest BCUT2D eigenvalue weighted by Crippen LogP contribution is -2.44. The Labute approximate surface area is 108 Å². The van der Waals surface area contributed by atoms with Crippen LogP contribution in [0.4, 0.5) is 0 Å². The number of nitrogens with one attached hydrogen (secondary N) is 1. The Morgan fingerprint density at radius 1 is 1.47 bits per heavy atom. The highest BCUT2D eigenvalue weighted by atomic mass is 32.2. The fourth-order valence-corrected chi connectivity index (χ4v) is 4.84. The third-order valence-electron chi connectivity index (χ3n) is 3.73. The smallest absolute Gasteiger partial charge is 0.0691 e. The van der Waals surface area contributed by atoms with Crippen LogP contribution in [0.1, 0.15) is 46.5 Å². The highest BCUT2D eigenvalue weighted by Crippen LogP contribution is 2.24. The maximum Gasteiger partial charge on any atom is 0.0691 e. The monoisotopic (exact) mass is 261 g/mol. The fraction of sp³-hybridized carbons (Fsp3) is 1.00. The lowest BCUT2D eigenvalue weighted by atomic mass is 10.1. The van der Waals surface area contributed by atoms with E-state index in [1.165, 1.54) is 0 Å². The normalized spacial score (nSPS) is 30.1. The Balaban J connectivity index is 2.67. The Bertz CT molecular complexity index is 248. The predicted molar refractivity (Wildman–Crippen MR) is 73.8 cm³/mol. The van der Waals surface area contributed by atoms with Crippen LogP contribution in [0.15, 0.2) is 0 Å². The third kappa shape index (κ3) is 3.76. The molecule has 1 rings (SSSR count). The molecule has 0 saturated carbocycles. The quantitative estimate of drug-likeness (QED) is 0.762. The topological polar surface area (TPSA) is 38.3 Å². The molecular weight excluding hydrogens is 234 g/mol. The molecule has 0 bridgehead atoms. The molecular formula is C13H27NO2S. The summed E-state index contributed by atoms with van der Waals surface area (Å²) >= 11 is 0. The first kappa shape index (κ1) is 15.1. The van der Waals surface area contributed by atoms with Crippen molar-refractivity contribution in [2.24, 2.45) is 0 Å². The van der Waals surface area contributed by atoms with Crippen LogP contribution in [0.2, 0.25) is 0 Å². The van der Waals surface area contributed by atoms with Gasteiger partial charge in [-0.05, 0) is 33.2 Å². The van der Waals surface area contributed by atoms with Crippen molar-refractivity contribution in [2.45, 2.75) is 69.1 Å². The van der Waals surface area contributed by atoms with Crippen molar-refractivity contribution in [1.29, 1.82) is 0 Å². The van der Waals surface area contributed by atoms with Crippen molar-refractivity contribution in [1.82, 2.24) is 5.32 Å². The fourth-order valence-electron chi connectivity index (χ4n) is 2.68. The molecule has 1 aliphatic heterocycles. The average Bonchev–Trinajstić information content (AvgIpc) is 2.75. The van der Waals surface area contributed by atoms with Crippen LogP contribution >= 0.6 is 0 Å². The van der Waals surface area contributed by atoms with Gasteiger partial charge in [0, 0.05) is 23.4 Å². The zero-order valence-corrected chi connectivity index (χ0v) is 12.4. The summed E-state index contributed by atoms with van der Waals surface area (Å²) in [4.78, 5) is 0. The second-order valence-electron chi connectivity index (χ2n) is 4.86. The number of hydrogen-bond acceptors (Lipinski definition) is 3. The van der Waals surface area contributed by atoms with E-state index in [0.717, 1.165) is 32.3 Å². The lowest BCUT2D eigenvalue weighted by molar-refractivity contribution is 0.126. The van der Waals surface area contributed by atoms with E-state index >= 15 is 0 Å². The first-order valence-corrected chi connectivity index (χ1v) is 8.11. The molecule has 0 aromatic carbocycles. The van der Waals surface area contributed by atoms with Crippen molar-refractivity contribution < 1.29 is 8.95 Å². The number of ether oxygens (including phenoxy) is 1. The molecule has 1 aliphatic rings. The molecule has 17 heavy (non-hydrogen) atoms. The molecule has 0 aliphatic carbocycles. The largest absolute Gasteiger partial charge is 0.377 e. The molecule has 0 aromatic heterocycles. The van der Waals surface area contributed by atoms with Gasteiger partial charge in [-0.3, -0.25) is 4.21 Å². The maximum absolute atomic E-state index is 12.7. The molecule has 3 nitrogen and oxygen atoms in total. The minimum absolute atomic E-state index is 0.156. The van der Waals surface area contributed by atoms with Crippen LogP contribution < -0.4 is 5.32 Å². The van der Waals surface area contributed by atoms with E-state index in [4.69, 9.17) is 4.74 Å². The van der Waals surface area contributed by atoms with Gasteiger partial charge < -0.3 is 10.1 Å². The van der Waals surface area contributed by atoms with Gasteiger partial charge in [0.15, 0.2) is 0 Å². The van der Waals surface area contributed by atoms with Crippen LogP contribution in [0.3, 0.4) is 0 Å². The average molecular weight is 261 g/mol. The van der Waals surface area contributed by atoms with Crippen molar-refractivity contribution in [2.75, 3.05) is 13.7 Å². The predicted octanol–water partition coefficient (Wildman–Crippen LogP) is 2.08. The summed E-state index contributed by atoms with van der Waals surface area (Å²) < 4.78 is 18.2. The minimum atomic E-state index is -0.782. The van der Waals surface area contributed by atoms with E-state index in [1.54, 1.807) is 0 Å². The molecule has 5 atom stereocenters. The zero-order valence-electron chi connectivity index (χ0n) is 11.6. The van der Waals surface area contributed by atoms with Crippen molar-refractivity contribution in [3.63, 3.8) is 0 Å². The van der Waals surface area contributed by atoms with Crippen LogP contribution in [-0.4, -0.2) is 40.5 Å². The van der Waals surface area contributed by atoms with Crippen molar-refractivity contribution in [3.05, 3.63) is 0 Å². The van der Waals surface area contributed by atoms with E-state index in [9.17, 15) is 4.21 Å². The summed E-state index contributed by atoms with van der Waals surface area (Å²) in [7, 11) is 1.20. The molecule has 0 aromatic rings. The van der Waals surface area contributed by atoms with Gasteiger partial charge >= 0.3 is 0 Å². The van der Waals surface area contributed by atoms with E-state index in [2.05, 4.69) is 26.1 Å². The SMILES string of the molecule is CCCC(NC)C(CC)S(=O)C1CCOC1C. The lowest BCUT2D eigenvalue weighted by Gasteiger charge is -2.28. The van der Waals surface area contributed by atoms with Crippen LogP contribution in [0.5, 0.6) is 0 Å². The molecule has 102 valence electrons. The van der Waals surface area contributed by atoms with Crippen molar-refractivity contribution in [3.8, 4) is 0 Å². The maximum atomic E-state index is 12.7. The van der Waals surface area contributed by atoms with Crippen LogP contribution in [-0.2, 0) is 15.5 Å². The standard InChI is InChI=1S/C13H27NO2S/c1-5-7-11(14-4)12(6-2)17(15)13-8-9-16-10(13)3/h10-14H,5-9H2,1-4H3. The van der Waals surface area contributed by atoms with E-state index in [-0.39, 0.29) is 16.6 Å². The van der Waals surface area contributed by atoms with Gasteiger partial charge in [0.2, 0.25) is 0 Å². The van der Waals surface area contributed by atoms with Gasteiger partial charge in [-0.2, -0.15) is 0 Å². The highest BCUT2D eigenvalue weighted by Gasteiger charge is 2.35. The van der Waals surface area contributed by atoms with Gasteiger partial charge in [0.05, 0.1) is 16.6 Å². The van der Waals surface area contributed by atoms with Gasteiger partial charge in [-0.15, -0.1) is 0 Å². The summed E-state index contributed by atoms with van der Waals surface area (Å²) in [6, 6.07) is 0.374. The summed E-state index contributed by atoms with van der Waals surface area (Å²) in [5.74, 6) is 0. The summed E-state index contributed by atoms with van der Waals surface area (Å²) in [6.07, 6.45) is 4.32. The zero-order chi connectivity index (χ0) is 12.8. The molecule has 4 heteroatoms. The van der Waals surface area contributed by atoms with E-state index in [0.29, 0.717) is 6.04 Å². The van der Waals surface area contributed by atoms with Gasteiger partial charge in [-0.25, -0.2) is 0 Å². The molecule has 0 spiro atoms. The van der Waals surface area contributed by atoms with Gasteiger partial charge in [0.1, 0.15) is 0 Å². The summed E-state index contributed by atoms with van der Waals surface area (Å²) in [5, 5.41) is 3.83. The molecule has 1 fully saturated rings. The van der Waals surface area contributed by atoms with E-state index in [1.807, 2.05) is 7.05 Å².